The van der Waals surface area contributed by atoms with Gasteiger partial charge < -0.3 is 4.42 Å². The predicted molar refractivity (Wildman–Crippen MR) is 121 cm³/mol. The fourth-order valence-corrected chi connectivity index (χ4v) is 4.16. The zero-order valence-corrected chi connectivity index (χ0v) is 17.8. The molecule has 0 N–H and O–H groups in total. The summed E-state index contributed by atoms with van der Waals surface area (Å²) in [7, 11) is 0. The highest BCUT2D eigenvalue weighted by molar-refractivity contribution is 6.30. The highest BCUT2D eigenvalue weighted by Crippen LogP contribution is 2.40. The number of carbonyl (C=O) groups excluding carboxylic acids is 1. The number of amides is 1. The average molecular weight is 431 g/mol. The van der Waals surface area contributed by atoms with E-state index in [0.717, 1.165) is 5.56 Å². The number of aromatic nitrogens is 1. The molecular formula is C25H19ClN2O3. The number of hydrogen-bond acceptors (Lipinski definition) is 4. The Morgan fingerprint density at radius 1 is 1.00 bits per heavy atom. The molecule has 0 aliphatic carbocycles. The highest BCUT2D eigenvalue weighted by atomic mass is 35.5. The third-order valence-corrected chi connectivity index (χ3v) is 5.88. The zero-order chi connectivity index (χ0) is 21.7. The van der Waals surface area contributed by atoms with Crippen LogP contribution in [-0.2, 0) is 0 Å². The molecule has 0 unspecified atom stereocenters. The van der Waals surface area contributed by atoms with Crippen LogP contribution in [-0.4, -0.2) is 10.9 Å². The summed E-state index contributed by atoms with van der Waals surface area (Å²) < 4.78 is 5.94. The second kappa shape index (κ2) is 7.36. The molecule has 5 nitrogen and oxygen atoms in total. The van der Waals surface area contributed by atoms with Crippen LogP contribution in [0.25, 0.3) is 11.0 Å². The molecule has 0 spiro atoms. The van der Waals surface area contributed by atoms with Gasteiger partial charge in [0, 0.05) is 6.20 Å². The number of anilines is 1. The Hall–Kier alpha value is -3.44. The van der Waals surface area contributed by atoms with Gasteiger partial charge >= 0.3 is 0 Å². The van der Waals surface area contributed by atoms with Gasteiger partial charge in [0.15, 0.2) is 5.43 Å². The normalized spacial score (nSPS) is 15.7. The first-order valence-corrected chi connectivity index (χ1v) is 10.4. The lowest BCUT2D eigenvalue weighted by Gasteiger charge is -2.24. The maximum Gasteiger partial charge on any atom is 0.296 e. The van der Waals surface area contributed by atoms with Crippen molar-refractivity contribution in [3.05, 3.63) is 105 Å². The Labute approximate surface area is 183 Å². The molecular weight excluding hydrogens is 412 g/mol. The summed E-state index contributed by atoms with van der Waals surface area (Å²) in [5.74, 6) is 0.431. The molecule has 0 saturated heterocycles. The van der Waals surface area contributed by atoms with Crippen LogP contribution < -0.4 is 10.3 Å². The van der Waals surface area contributed by atoms with Gasteiger partial charge in [-0.1, -0.05) is 61.8 Å². The van der Waals surface area contributed by atoms with Crippen LogP contribution in [0.5, 0.6) is 0 Å². The van der Waals surface area contributed by atoms with Crippen molar-refractivity contribution in [3.8, 4) is 0 Å². The quantitative estimate of drug-likeness (QED) is 0.417. The van der Waals surface area contributed by atoms with E-state index < -0.39 is 11.9 Å². The standard InChI is InChI=1S/C25H19ClN2O3/c1-14(2)15-7-9-16(10-8-15)22-21-23(29)18-5-3-4-6-19(18)31-24(21)25(30)28(22)20-12-11-17(26)13-27-20/h3-14,22H,1-2H3/t22-/m1/s1. The monoisotopic (exact) mass is 430 g/mol. The van der Waals surface area contributed by atoms with Crippen LogP contribution in [0.1, 0.15) is 53.1 Å². The van der Waals surface area contributed by atoms with E-state index >= 15 is 0 Å². The van der Waals surface area contributed by atoms with Crippen LogP contribution in [0.4, 0.5) is 5.82 Å². The van der Waals surface area contributed by atoms with Crippen molar-refractivity contribution in [2.75, 3.05) is 4.90 Å². The average Bonchev–Trinajstić information content (AvgIpc) is 3.07. The second-order valence-electron chi connectivity index (χ2n) is 7.90. The molecule has 0 radical (unpaired) electrons. The number of para-hydroxylation sites is 1. The summed E-state index contributed by atoms with van der Waals surface area (Å²) in [5.41, 5.74) is 2.50. The number of fused-ring (bicyclic) bond motifs is 2. The number of hydrogen-bond donors (Lipinski definition) is 0. The Bertz CT molecular complexity index is 1360. The summed E-state index contributed by atoms with van der Waals surface area (Å²) in [4.78, 5) is 32.8. The van der Waals surface area contributed by atoms with E-state index in [9.17, 15) is 9.59 Å². The van der Waals surface area contributed by atoms with Gasteiger partial charge in [-0.2, -0.15) is 0 Å². The number of carbonyl (C=O) groups is 1. The van der Waals surface area contributed by atoms with Crippen LogP contribution in [0.2, 0.25) is 5.02 Å². The lowest BCUT2D eigenvalue weighted by molar-refractivity contribution is 0.0970. The Morgan fingerprint density at radius 3 is 2.42 bits per heavy atom. The van der Waals surface area contributed by atoms with Gasteiger partial charge in [0.1, 0.15) is 11.4 Å². The van der Waals surface area contributed by atoms with Gasteiger partial charge in [-0.25, -0.2) is 4.98 Å². The van der Waals surface area contributed by atoms with Gasteiger partial charge in [-0.3, -0.25) is 14.5 Å². The SMILES string of the molecule is CC(C)c1ccc([C@@H]2c3c(oc4ccccc4c3=O)C(=O)N2c2ccc(Cl)cn2)cc1. The lowest BCUT2D eigenvalue weighted by atomic mass is 9.95. The minimum absolute atomic E-state index is 0.0541. The van der Waals surface area contributed by atoms with Gasteiger partial charge in [0.2, 0.25) is 5.76 Å². The summed E-state index contributed by atoms with van der Waals surface area (Å²) >= 11 is 6.01. The first-order valence-electron chi connectivity index (χ1n) is 10.1. The molecule has 5 rings (SSSR count). The summed E-state index contributed by atoms with van der Waals surface area (Å²) in [6, 6.07) is 17.6. The molecule has 1 atom stereocenters. The molecule has 2 aromatic carbocycles. The van der Waals surface area contributed by atoms with E-state index in [-0.39, 0.29) is 11.2 Å². The number of rotatable bonds is 3. The molecule has 6 heteroatoms. The van der Waals surface area contributed by atoms with Crippen molar-refractivity contribution >= 4 is 34.3 Å². The molecule has 1 aliphatic rings. The summed E-state index contributed by atoms with van der Waals surface area (Å²) in [5, 5.41) is 0.912. The number of benzene rings is 2. The molecule has 1 aliphatic heterocycles. The molecule has 31 heavy (non-hydrogen) atoms. The van der Waals surface area contributed by atoms with E-state index in [4.69, 9.17) is 16.0 Å². The molecule has 4 aromatic rings. The van der Waals surface area contributed by atoms with Gasteiger partial charge in [-0.15, -0.1) is 0 Å². The minimum Gasteiger partial charge on any atom is -0.450 e. The smallest absolute Gasteiger partial charge is 0.296 e. The van der Waals surface area contributed by atoms with Crippen LogP contribution in [0.15, 0.2) is 76.1 Å². The maximum absolute atomic E-state index is 13.5. The molecule has 3 heterocycles. The van der Waals surface area contributed by atoms with Crippen molar-refractivity contribution in [2.24, 2.45) is 0 Å². The Balaban J connectivity index is 1.77. The summed E-state index contributed by atoms with van der Waals surface area (Å²) in [6.07, 6.45) is 1.48. The maximum atomic E-state index is 13.5. The minimum atomic E-state index is -0.641. The first-order chi connectivity index (χ1) is 15.0. The third-order valence-electron chi connectivity index (χ3n) is 5.66. The Kier molecular flexibility index (Phi) is 4.63. The lowest BCUT2D eigenvalue weighted by Crippen LogP contribution is -2.30. The third kappa shape index (κ3) is 3.13. The highest BCUT2D eigenvalue weighted by Gasteiger charge is 2.44. The van der Waals surface area contributed by atoms with Crippen LogP contribution in [0.3, 0.4) is 0 Å². The fourth-order valence-electron chi connectivity index (χ4n) is 4.05. The van der Waals surface area contributed by atoms with Crippen molar-refractivity contribution in [1.82, 2.24) is 4.98 Å². The molecule has 1 amide bonds. The molecule has 0 fully saturated rings. The van der Waals surface area contributed by atoms with Crippen molar-refractivity contribution in [1.29, 1.82) is 0 Å². The van der Waals surface area contributed by atoms with E-state index in [1.807, 2.05) is 24.3 Å². The molecule has 2 aromatic heterocycles. The molecule has 0 bridgehead atoms. The number of pyridine rings is 1. The fraction of sp³-hybridized carbons (Fsp3) is 0.160. The second-order valence-corrected chi connectivity index (χ2v) is 8.34. The van der Waals surface area contributed by atoms with Crippen molar-refractivity contribution in [2.45, 2.75) is 25.8 Å². The van der Waals surface area contributed by atoms with Crippen LogP contribution in [0, 0.1) is 0 Å². The zero-order valence-electron chi connectivity index (χ0n) is 17.0. The van der Waals surface area contributed by atoms with Gasteiger partial charge in [0.25, 0.3) is 5.91 Å². The first kappa shape index (κ1) is 19.5. The molecule has 154 valence electrons. The van der Waals surface area contributed by atoms with Gasteiger partial charge in [-0.05, 0) is 41.3 Å². The van der Waals surface area contributed by atoms with E-state index in [1.165, 1.54) is 16.7 Å². The number of nitrogens with zero attached hydrogens (tertiary/aromatic N) is 2. The number of halogens is 1. The summed E-state index contributed by atoms with van der Waals surface area (Å²) in [6.45, 7) is 4.24. The van der Waals surface area contributed by atoms with E-state index in [2.05, 4.69) is 18.8 Å². The van der Waals surface area contributed by atoms with E-state index in [1.54, 1.807) is 36.4 Å². The van der Waals surface area contributed by atoms with Gasteiger partial charge in [0.05, 0.1) is 22.0 Å². The van der Waals surface area contributed by atoms with Crippen molar-refractivity contribution < 1.29 is 9.21 Å². The predicted octanol–water partition coefficient (Wildman–Crippen LogP) is 5.71. The molecule has 0 saturated carbocycles. The van der Waals surface area contributed by atoms with Crippen LogP contribution >= 0.6 is 11.6 Å². The topological polar surface area (TPSA) is 63.4 Å². The largest absolute Gasteiger partial charge is 0.450 e. The Morgan fingerprint density at radius 2 is 1.74 bits per heavy atom. The van der Waals surface area contributed by atoms with E-state index in [0.29, 0.717) is 33.3 Å². The van der Waals surface area contributed by atoms with Crippen molar-refractivity contribution in [3.63, 3.8) is 0 Å².